The molecule has 12 rings (SSSR count). The monoisotopic (exact) mass is 640 g/mol. The summed E-state index contributed by atoms with van der Waals surface area (Å²) in [6, 6.07) is 0. The zero-order chi connectivity index (χ0) is 32.1. The van der Waals surface area contributed by atoms with Crippen LogP contribution in [0.2, 0.25) is 0 Å². The van der Waals surface area contributed by atoms with Crippen molar-refractivity contribution in [2.75, 3.05) is 0 Å². The lowest BCUT2D eigenvalue weighted by molar-refractivity contribution is -0.252. The molecule has 12 bridgehead atoms. The van der Waals surface area contributed by atoms with E-state index in [1.165, 1.54) is 122 Å². The van der Waals surface area contributed by atoms with Crippen molar-refractivity contribution in [1.82, 2.24) is 0 Å². The predicted molar refractivity (Wildman–Crippen MR) is 182 cm³/mol. The van der Waals surface area contributed by atoms with Gasteiger partial charge in [0.15, 0.2) is 0 Å². The highest BCUT2D eigenvalue weighted by Crippen LogP contribution is 2.74. The molecular weight excluding hydrogens is 580 g/mol. The molecule has 0 saturated heterocycles. The number of carbonyl (C=O) groups is 2. The van der Waals surface area contributed by atoms with E-state index in [4.69, 9.17) is 9.47 Å². The van der Waals surface area contributed by atoms with Gasteiger partial charge in [0, 0.05) is 47.2 Å². The Morgan fingerprint density at radius 3 is 1.87 bits per heavy atom. The van der Waals surface area contributed by atoms with Gasteiger partial charge in [-0.2, -0.15) is 0 Å². The molecule has 12 fully saturated rings. The fourth-order valence-electron chi connectivity index (χ4n) is 17.5. The summed E-state index contributed by atoms with van der Waals surface area (Å²) in [6.07, 6.45) is 25.3. The highest BCUT2D eigenvalue weighted by atomic mass is 16.6. The van der Waals surface area contributed by atoms with Crippen molar-refractivity contribution in [3.8, 4) is 0 Å². The van der Waals surface area contributed by atoms with Gasteiger partial charge in [0.05, 0.1) is 0 Å². The maximum absolute atomic E-state index is 13.4. The molecule has 11 atom stereocenters. The second kappa shape index (κ2) is 10.0. The molecule has 256 valence electrons. The molecule has 11 unspecified atom stereocenters. The normalized spacial score (nSPS) is 57.1. The number of esters is 2. The van der Waals surface area contributed by atoms with Crippen molar-refractivity contribution in [3.05, 3.63) is 24.8 Å². The molecule has 12 aliphatic carbocycles. The average Bonchev–Trinajstić information content (AvgIpc) is 3.82. The van der Waals surface area contributed by atoms with Crippen molar-refractivity contribution in [2.45, 2.75) is 141 Å². The summed E-state index contributed by atoms with van der Waals surface area (Å²) in [7, 11) is 0. The fraction of sp³-hybridized carbons (Fsp3) is 0.860. The summed E-state index contributed by atoms with van der Waals surface area (Å²) in [5, 5.41) is 0. The van der Waals surface area contributed by atoms with Gasteiger partial charge >= 0.3 is 11.9 Å². The first-order valence-electron chi connectivity index (χ1n) is 20.3. The van der Waals surface area contributed by atoms with Gasteiger partial charge in [-0.3, -0.25) is 0 Å². The molecule has 0 aromatic rings. The molecule has 4 heteroatoms. The molecule has 0 aromatic carbocycles. The third kappa shape index (κ3) is 4.17. The third-order valence-corrected chi connectivity index (χ3v) is 18.0. The first kappa shape index (κ1) is 30.3. The summed E-state index contributed by atoms with van der Waals surface area (Å²) in [4.78, 5) is 26.4. The molecule has 0 amide bonds. The van der Waals surface area contributed by atoms with Gasteiger partial charge in [0.1, 0.15) is 11.2 Å². The van der Waals surface area contributed by atoms with Crippen LogP contribution in [-0.2, 0) is 19.1 Å². The van der Waals surface area contributed by atoms with Gasteiger partial charge in [0.2, 0.25) is 0 Å². The molecule has 0 aromatic heterocycles. The molecule has 0 N–H and O–H groups in total. The Balaban J connectivity index is 0.899. The number of carbonyl (C=O) groups excluding carboxylic acids is 2. The lowest BCUT2D eigenvalue weighted by atomic mass is 9.40. The van der Waals surface area contributed by atoms with Crippen LogP contribution in [0, 0.1) is 87.8 Å². The molecule has 4 nitrogen and oxygen atoms in total. The predicted octanol–water partition coefficient (Wildman–Crippen LogP) is 9.47. The van der Waals surface area contributed by atoms with Gasteiger partial charge < -0.3 is 9.47 Å². The van der Waals surface area contributed by atoms with E-state index in [1.54, 1.807) is 0 Å². The number of fused-ring (bicyclic) bond motifs is 4. The first-order chi connectivity index (χ1) is 22.5. The van der Waals surface area contributed by atoms with E-state index in [9.17, 15) is 9.59 Å². The summed E-state index contributed by atoms with van der Waals surface area (Å²) in [5.74, 6) is 8.68. The summed E-state index contributed by atoms with van der Waals surface area (Å²) < 4.78 is 13.6. The molecule has 0 heterocycles. The zero-order valence-electron chi connectivity index (χ0n) is 29.4. The van der Waals surface area contributed by atoms with E-state index in [0.29, 0.717) is 57.8 Å². The summed E-state index contributed by atoms with van der Waals surface area (Å²) in [6.45, 7) is 12.3. The standard InChI is InChI=1S/C43H60O4/c1-5-38(44)46-42(32-9-26-10-33(42)21-40(4,17-26)20-32)37-16-29-14-30(37)15-31(29)19-41-18-27-11-34(22-41)43(35(12-27)23-41,47-39(45)24(2)3)36-13-25-6-7-28(36)8-25/h5,25-37H,1-2,6-23H2,3-4H3. The Bertz CT molecular complexity index is 1360. The Morgan fingerprint density at radius 2 is 1.32 bits per heavy atom. The smallest absolute Gasteiger partial charge is 0.333 e. The second-order valence-corrected chi connectivity index (χ2v) is 20.6. The zero-order valence-corrected chi connectivity index (χ0v) is 29.4. The van der Waals surface area contributed by atoms with Crippen molar-refractivity contribution in [3.63, 3.8) is 0 Å². The van der Waals surface area contributed by atoms with Crippen LogP contribution < -0.4 is 0 Å². The molecule has 12 saturated carbocycles. The molecule has 0 spiro atoms. The quantitative estimate of drug-likeness (QED) is 0.196. The SMILES string of the molecule is C=CC(=O)OC1(C2CC3CC2CC3CC23CC4CC(C2)C(OC(=O)C(=C)C)(C2CC5CCC2C5)C(C4)C3)C2CC3CC1CC(C)(C3)C2. The molecule has 0 aliphatic heterocycles. The van der Waals surface area contributed by atoms with Gasteiger partial charge in [0.25, 0.3) is 0 Å². The molecule has 12 aliphatic rings. The van der Waals surface area contributed by atoms with E-state index < -0.39 is 0 Å². The summed E-state index contributed by atoms with van der Waals surface area (Å²) in [5.41, 5.74) is 1.03. The van der Waals surface area contributed by atoms with Crippen LogP contribution >= 0.6 is 0 Å². The maximum atomic E-state index is 13.4. The van der Waals surface area contributed by atoms with Crippen molar-refractivity contribution < 1.29 is 19.1 Å². The van der Waals surface area contributed by atoms with E-state index in [-0.39, 0.29) is 23.1 Å². The van der Waals surface area contributed by atoms with Crippen LogP contribution in [0.3, 0.4) is 0 Å². The highest BCUT2D eigenvalue weighted by molar-refractivity contribution is 5.87. The van der Waals surface area contributed by atoms with Crippen LogP contribution in [-0.4, -0.2) is 23.1 Å². The average molecular weight is 641 g/mol. The van der Waals surface area contributed by atoms with Gasteiger partial charge in [-0.05, 0) is 168 Å². The molecular formula is C43H60O4. The Hall–Kier alpha value is -1.58. The first-order valence-corrected chi connectivity index (χ1v) is 20.3. The Morgan fingerprint density at radius 1 is 0.681 bits per heavy atom. The summed E-state index contributed by atoms with van der Waals surface area (Å²) >= 11 is 0. The number of rotatable bonds is 8. The second-order valence-electron chi connectivity index (χ2n) is 20.6. The van der Waals surface area contributed by atoms with Gasteiger partial charge in [-0.1, -0.05) is 26.5 Å². The third-order valence-electron chi connectivity index (χ3n) is 18.0. The van der Waals surface area contributed by atoms with Gasteiger partial charge in [-0.15, -0.1) is 0 Å². The number of hydrogen-bond acceptors (Lipinski definition) is 4. The number of hydrogen-bond donors (Lipinski definition) is 0. The minimum absolute atomic E-state index is 0.113. The van der Waals surface area contributed by atoms with Crippen LogP contribution in [0.5, 0.6) is 0 Å². The van der Waals surface area contributed by atoms with Crippen molar-refractivity contribution in [2.24, 2.45) is 87.8 Å². The number of ether oxygens (including phenoxy) is 2. The maximum Gasteiger partial charge on any atom is 0.333 e. The minimum Gasteiger partial charge on any atom is -0.455 e. The van der Waals surface area contributed by atoms with E-state index in [0.717, 1.165) is 35.5 Å². The topological polar surface area (TPSA) is 52.6 Å². The van der Waals surface area contributed by atoms with Crippen LogP contribution in [0.25, 0.3) is 0 Å². The highest BCUT2D eigenvalue weighted by Gasteiger charge is 2.71. The molecule has 47 heavy (non-hydrogen) atoms. The fourth-order valence-corrected chi connectivity index (χ4v) is 17.5. The lowest BCUT2D eigenvalue weighted by Gasteiger charge is -2.67. The van der Waals surface area contributed by atoms with E-state index in [1.807, 2.05) is 6.92 Å². The Kier molecular flexibility index (Phi) is 6.45. The van der Waals surface area contributed by atoms with Gasteiger partial charge in [-0.25, -0.2) is 9.59 Å². The van der Waals surface area contributed by atoms with Crippen LogP contribution in [0.15, 0.2) is 24.8 Å². The van der Waals surface area contributed by atoms with Crippen molar-refractivity contribution >= 4 is 11.9 Å². The largest absolute Gasteiger partial charge is 0.455 e. The van der Waals surface area contributed by atoms with Crippen LogP contribution in [0.1, 0.15) is 129 Å². The Labute approximate surface area is 283 Å². The van der Waals surface area contributed by atoms with E-state index in [2.05, 4.69) is 20.1 Å². The molecule has 0 radical (unpaired) electrons. The lowest BCUT2D eigenvalue weighted by Crippen LogP contribution is -2.67. The minimum atomic E-state index is -0.236. The van der Waals surface area contributed by atoms with E-state index >= 15 is 0 Å². The van der Waals surface area contributed by atoms with Crippen LogP contribution in [0.4, 0.5) is 0 Å². The van der Waals surface area contributed by atoms with Crippen molar-refractivity contribution in [1.29, 1.82) is 0 Å².